The van der Waals surface area contributed by atoms with Gasteiger partial charge in [-0.25, -0.2) is 0 Å². The van der Waals surface area contributed by atoms with Gasteiger partial charge >= 0.3 is 5.97 Å². The number of esters is 1. The number of Topliss-reactive ketones (excluding diaryl/α,β-unsaturated/α-hetero) is 1. The van der Waals surface area contributed by atoms with E-state index >= 15 is 0 Å². The van der Waals surface area contributed by atoms with Crippen LogP contribution in [0.3, 0.4) is 0 Å². The van der Waals surface area contributed by atoms with Gasteiger partial charge in [0.2, 0.25) is 0 Å². The first kappa shape index (κ1) is 17.4. The maximum atomic E-state index is 13.1. The number of hydrogen-bond donors (Lipinski definition) is 0. The predicted octanol–water partition coefficient (Wildman–Crippen LogP) is 4.56. The van der Waals surface area contributed by atoms with Crippen molar-refractivity contribution in [3.63, 3.8) is 0 Å². The number of aliphatic imine (C=N–C) groups is 1. The van der Waals surface area contributed by atoms with E-state index in [1.807, 2.05) is 35.9 Å². The summed E-state index contributed by atoms with van der Waals surface area (Å²) in [6.45, 7) is 1.87. The Hall–Kier alpha value is -2.05. The molecule has 4 nitrogen and oxygen atoms in total. The van der Waals surface area contributed by atoms with Crippen LogP contribution in [0.2, 0.25) is 0 Å². The highest BCUT2D eigenvalue weighted by atomic mass is 32.1. The Morgan fingerprint density at radius 2 is 1.85 bits per heavy atom. The van der Waals surface area contributed by atoms with Gasteiger partial charge in [0.15, 0.2) is 5.78 Å². The predicted molar refractivity (Wildman–Crippen MR) is 104 cm³/mol. The normalized spacial score (nSPS) is 25.7. The molecule has 26 heavy (non-hydrogen) atoms. The summed E-state index contributed by atoms with van der Waals surface area (Å²) < 4.78 is 5.04. The number of carbonyl (C=O) groups is 2. The molecular formula is C20H19NO3S2. The molecule has 0 bridgehead atoms. The number of rotatable bonds is 3. The number of ketones is 1. The van der Waals surface area contributed by atoms with Gasteiger partial charge in [-0.05, 0) is 36.2 Å². The van der Waals surface area contributed by atoms with Crippen molar-refractivity contribution in [2.24, 2.45) is 10.9 Å². The van der Waals surface area contributed by atoms with Gasteiger partial charge in [-0.3, -0.25) is 14.6 Å². The largest absolute Gasteiger partial charge is 0.468 e. The van der Waals surface area contributed by atoms with Gasteiger partial charge in [-0.2, -0.15) is 0 Å². The van der Waals surface area contributed by atoms with Crippen LogP contribution in [0.1, 0.15) is 41.4 Å². The summed E-state index contributed by atoms with van der Waals surface area (Å²) in [6.07, 6.45) is 1.22. The van der Waals surface area contributed by atoms with Crippen molar-refractivity contribution in [3.8, 4) is 0 Å². The lowest BCUT2D eigenvalue weighted by molar-refractivity contribution is -0.143. The van der Waals surface area contributed by atoms with Crippen molar-refractivity contribution < 1.29 is 14.3 Å². The summed E-state index contributed by atoms with van der Waals surface area (Å²) in [6, 6.07) is 8.05. The molecule has 1 aliphatic carbocycles. The van der Waals surface area contributed by atoms with Gasteiger partial charge < -0.3 is 4.74 Å². The Bertz CT molecular complexity index is 894. The van der Waals surface area contributed by atoms with Gasteiger partial charge in [-0.15, -0.1) is 22.7 Å². The first-order valence-corrected chi connectivity index (χ1v) is 10.3. The van der Waals surface area contributed by atoms with Crippen molar-refractivity contribution in [2.45, 2.75) is 31.6 Å². The molecule has 134 valence electrons. The minimum Gasteiger partial charge on any atom is -0.468 e. The number of ether oxygens (including phenoxy) is 1. The molecule has 2 aromatic rings. The van der Waals surface area contributed by atoms with E-state index in [0.29, 0.717) is 12.0 Å². The Morgan fingerprint density at radius 3 is 2.46 bits per heavy atom. The van der Waals surface area contributed by atoms with E-state index in [2.05, 4.69) is 6.07 Å². The summed E-state index contributed by atoms with van der Waals surface area (Å²) in [5.41, 5.74) is 2.28. The smallest absolute Gasteiger partial charge is 0.315 e. The molecule has 0 N–H and O–H groups in total. The van der Waals surface area contributed by atoms with E-state index in [9.17, 15) is 9.59 Å². The number of thiophene rings is 2. The van der Waals surface area contributed by atoms with E-state index in [-0.39, 0.29) is 23.6 Å². The first-order chi connectivity index (χ1) is 12.6. The molecular weight excluding hydrogens is 366 g/mol. The van der Waals surface area contributed by atoms with E-state index < -0.39 is 5.92 Å². The van der Waals surface area contributed by atoms with E-state index in [1.165, 1.54) is 12.0 Å². The second-order valence-corrected chi connectivity index (χ2v) is 8.61. The highest BCUT2D eigenvalue weighted by Gasteiger charge is 2.45. The second-order valence-electron chi connectivity index (χ2n) is 6.65. The fraction of sp³-hybridized carbons (Fsp3) is 0.350. The molecule has 0 amide bonds. The van der Waals surface area contributed by atoms with Crippen LogP contribution in [-0.4, -0.2) is 24.6 Å². The molecule has 1 unspecified atom stereocenters. The maximum Gasteiger partial charge on any atom is 0.315 e. The first-order valence-electron chi connectivity index (χ1n) is 8.56. The summed E-state index contributed by atoms with van der Waals surface area (Å²) in [7, 11) is 1.39. The number of hydrogen-bond acceptors (Lipinski definition) is 6. The molecule has 2 aliphatic rings. The van der Waals surface area contributed by atoms with Crippen LogP contribution in [0, 0.1) is 5.92 Å². The molecule has 0 saturated heterocycles. The zero-order chi connectivity index (χ0) is 18.3. The van der Waals surface area contributed by atoms with Crippen molar-refractivity contribution in [2.75, 3.05) is 7.11 Å². The van der Waals surface area contributed by atoms with Gasteiger partial charge in [0.05, 0.1) is 7.11 Å². The molecule has 1 aliphatic heterocycles. The monoisotopic (exact) mass is 385 g/mol. The zero-order valence-corrected chi connectivity index (χ0v) is 16.2. The topological polar surface area (TPSA) is 55.7 Å². The van der Waals surface area contributed by atoms with Crippen LogP contribution >= 0.6 is 22.7 Å². The van der Waals surface area contributed by atoms with Crippen molar-refractivity contribution in [3.05, 3.63) is 56.1 Å². The molecule has 3 atom stereocenters. The Balaban J connectivity index is 1.80. The van der Waals surface area contributed by atoms with E-state index in [0.717, 1.165) is 22.7 Å². The zero-order valence-electron chi connectivity index (χ0n) is 14.6. The second kappa shape index (κ2) is 6.93. The van der Waals surface area contributed by atoms with Gasteiger partial charge in [0, 0.05) is 45.0 Å². The van der Waals surface area contributed by atoms with Gasteiger partial charge in [0.25, 0.3) is 0 Å². The van der Waals surface area contributed by atoms with Gasteiger partial charge in [0.1, 0.15) is 5.92 Å². The lowest BCUT2D eigenvalue weighted by atomic mass is 9.72. The van der Waals surface area contributed by atoms with Crippen LogP contribution in [0.25, 0.3) is 0 Å². The van der Waals surface area contributed by atoms with E-state index in [1.54, 1.807) is 22.7 Å². The molecule has 0 spiro atoms. The molecule has 3 heterocycles. The average Bonchev–Trinajstić information content (AvgIpc) is 3.33. The van der Waals surface area contributed by atoms with Crippen LogP contribution in [0.4, 0.5) is 0 Å². The number of carbonyl (C=O) groups excluding carboxylic acids is 2. The van der Waals surface area contributed by atoms with E-state index in [4.69, 9.17) is 9.73 Å². The highest BCUT2D eigenvalue weighted by Crippen LogP contribution is 2.48. The number of allylic oxidation sites excluding steroid dienone is 2. The van der Waals surface area contributed by atoms with Crippen LogP contribution < -0.4 is 0 Å². The third-order valence-corrected chi connectivity index (χ3v) is 7.13. The minimum atomic E-state index is -0.528. The Kier molecular flexibility index (Phi) is 4.63. The molecule has 4 rings (SSSR count). The highest BCUT2D eigenvalue weighted by molar-refractivity contribution is 7.10. The Morgan fingerprint density at radius 1 is 1.15 bits per heavy atom. The summed E-state index contributed by atoms with van der Waals surface area (Å²) in [5, 5.41) is 4.02. The molecule has 0 fully saturated rings. The molecule has 0 aromatic carbocycles. The molecule has 0 radical (unpaired) electrons. The lowest BCUT2D eigenvalue weighted by Gasteiger charge is -2.35. The Labute approximate surface area is 160 Å². The SMILES string of the molecule is COC(=O)C1C(C)=NC2=C(C(=O)C[C@H](c3cccs3)C2)[C@@H]1c1cccs1. The van der Waals surface area contributed by atoms with Crippen molar-refractivity contribution in [1.82, 2.24) is 0 Å². The maximum absolute atomic E-state index is 13.1. The van der Waals surface area contributed by atoms with Crippen LogP contribution in [0.5, 0.6) is 0 Å². The van der Waals surface area contributed by atoms with Crippen molar-refractivity contribution >= 4 is 40.1 Å². The van der Waals surface area contributed by atoms with Crippen molar-refractivity contribution in [1.29, 1.82) is 0 Å². The third-order valence-electron chi connectivity index (χ3n) is 5.14. The minimum absolute atomic E-state index is 0.105. The molecule has 6 heteroatoms. The summed E-state index contributed by atoms with van der Waals surface area (Å²) in [4.78, 5) is 32.6. The lowest BCUT2D eigenvalue weighted by Crippen LogP contribution is -2.37. The van der Waals surface area contributed by atoms with Gasteiger partial charge in [-0.1, -0.05) is 12.1 Å². The number of nitrogens with zero attached hydrogens (tertiary/aromatic N) is 1. The third kappa shape index (κ3) is 2.87. The molecule has 0 saturated carbocycles. The summed E-state index contributed by atoms with van der Waals surface area (Å²) in [5.74, 6) is -0.861. The molecule has 2 aromatic heterocycles. The standard InChI is InChI=1S/C20H19NO3S2/c1-11-17(20(23)24-2)19(16-6-4-8-26-16)18-13(21-11)9-12(10-14(18)22)15-5-3-7-25-15/h3-8,12,17,19H,9-10H2,1-2H3/t12-,17?,19-/m1/s1. The average molecular weight is 386 g/mol. The van der Waals surface area contributed by atoms with Crippen LogP contribution in [0.15, 0.2) is 51.3 Å². The fourth-order valence-electron chi connectivity index (χ4n) is 3.99. The fourth-order valence-corrected chi connectivity index (χ4v) is 5.69. The van der Waals surface area contributed by atoms with Crippen LogP contribution in [-0.2, 0) is 14.3 Å². The summed E-state index contributed by atoms with van der Waals surface area (Å²) >= 11 is 3.26. The quantitative estimate of drug-likeness (QED) is 0.728. The number of methoxy groups -OCH3 is 1.